The van der Waals surface area contributed by atoms with Gasteiger partial charge in [-0.05, 0) is 5.92 Å². The molecule has 0 aliphatic rings. The monoisotopic (exact) mass is 129 g/mol. The van der Waals surface area contributed by atoms with Crippen LogP contribution in [0.25, 0.3) is 0 Å². The first kappa shape index (κ1) is 8.17. The molecule has 0 fully saturated rings. The SMILES string of the molecule is C=C[C@H](C)[C@@H](N)C(=O)O. The van der Waals surface area contributed by atoms with E-state index in [1.54, 1.807) is 6.92 Å². The molecule has 0 unspecified atom stereocenters. The molecule has 2 atom stereocenters. The largest absolute Gasteiger partial charge is 0.480 e. The van der Waals surface area contributed by atoms with E-state index in [0.29, 0.717) is 0 Å². The summed E-state index contributed by atoms with van der Waals surface area (Å²) in [6.07, 6.45) is 1.53. The van der Waals surface area contributed by atoms with Crippen LogP contribution in [0.5, 0.6) is 0 Å². The van der Waals surface area contributed by atoms with E-state index in [9.17, 15) is 4.79 Å². The number of rotatable bonds is 3. The molecule has 52 valence electrons. The van der Waals surface area contributed by atoms with Crippen LogP contribution in [-0.2, 0) is 4.79 Å². The van der Waals surface area contributed by atoms with Gasteiger partial charge in [0.05, 0.1) is 0 Å². The van der Waals surface area contributed by atoms with Crippen LogP contribution >= 0.6 is 0 Å². The number of aliphatic carboxylic acids is 1. The Morgan fingerprint density at radius 1 is 1.89 bits per heavy atom. The first-order valence-electron chi connectivity index (χ1n) is 2.70. The molecule has 0 rings (SSSR count). The molecule has 9 heavy (non-hydrogen) atoms. The molecule has 0 amide bonds. The third-order valence-corrected chi connectivity index (χ3v) is 1.22. The predicted molar refractivity (Wildman–Crippen MR) is 35.0 cm³/mol. The van der Waals surface area contributed by atoms with Crippen molar-refractivity contribution >= 4 is 5.97 Å². The average molecular weight is 129 g/mol. The van der Waals surface area contributed by atoms with E-state index in [4.69, 9.17) is 10.8 Å². The van der Waals surface area contributed by atoms with Crippen molar-refractivity contribution in [1.82, 2.24) is 0 Å². The highest BCUT2D eigenvalue weighted by Crippen LogP contribution is 1.99. The smallest absolute Gasteiger partial charge is 0.321 e. The van der Waals surface area contributed by atoms with Crippen LogP contribution in [0.4, 0.5) is 0 Å². The van der Waals surface area contributed by atoms with Crippen molar-refractivity contribution < 1.29 is 9.90 Å². The Bertz CT molecular complexity index is 122. The van der Waals surface area contributed by atoms with Crippen LogP contribution in [0.3, 0.4) is 0 Å². The van der Waals surface area contributed by atoms with Crippen molar-refractivity contribution in [2.24, 2.45) is 11.7 Å². The number of nitrogens with two attached hydrogens (primary N) is 1. The molecule has 0 heterocycles. The predicted octanol–water partition coefficient (Wildman–Crippen LogP) is 0.220. The Morgan fingerprint density at radius 2 is 2.33 bits per heavy atom. The Kier molecular flexibility index (Phi) is 2.95. The van der Waals surface area contributed by atoms with Crippen molar-refractivity contribution in [3.8, 4) is 0 Å². The molecule has 0 aromatic rings. The number of carboxylic acids is 1. The molecular formula is C6H11NO2. The Hall–Kier alpha value is -0.830. The highest BCUT2D eigenvalue weighted by Gasteiger charge is 2.15. The van der Waals surface area contributed by atoms with Crippen LogP contribution in [0.2, 0.25) is 0 Å². The topological polar surface area (TPSA) is 63.3 Å². The summed E-state index contributed by atoms with van der Waals surface area (Å²) in [6.45, 7) is 5.13. The molecule has 0 aromatic carbocycles. The van der Waals surface area contributed by atoms with Gasteiger partial charge in [-0.3, -0.25) is 4.79 Å². The number of carbonyl (C=O) groups is 1. The standard InChI is InChI=1S/C6H11NO2/c1-3-4(2)5(7)6(8)9/h3-5H,1,7H2,2H3,(H,8,9)/t4-,5+/m0/s1. The molecule has 0 saturated carbocycles. The summed E-state index contributed by atoms with van der Waals surface area (Å²) in [4.78, 5) is 10.1. The van der Waals surface area contributed by atoms with Gasteiger partial charge in [0.15, 0.2) is 0 Å². The van der Waals surface area contributed by atoms with E-state index in [-0.39, 0.29) is 5.92 Å². The number of hydrogen-bond donors (Lipinski definition) is 2. The second-order valence-corrected chi connectivity index (χ2v) is 1.96. The first-order valence-corrected chi connectivity index (χ1v) is 2.70. The maximum atomic E-state index is 10.1. The van der Waals surface area contributed by atoms with Crippen molar-refractivity contribution in [2.75, 3.05) is 0 Å². The Morgan fingerprint density at radius 3 is 2.44 bits per heavy atom. The second-order valence-electron chi connectivity index (χ2n) is 1.96. The van der Waals surface area contributed by atoms with E-state index in [1.165, 1.54) is 6.08 Å². The van der Waals surface area contributed by atoms with Crippen LogP contribution < -0.4 is 5.73 Å². The lowest BCUT2D eigenvalue weighted by atomic mass is 10.0. The lowest BCUT2D eigenvalue weighted by molar-refractivity contribution is -0.139. The van der Waals surface area contributed by atoms with Crippen molar-refractivity contribution in [2.45, 2.75) is 13.0 Å². The zero-order valence-electron chi connectivity index (χ0n) is 5.37. The minimum absolute atomic E-state index is 0.164. The molecule has 3 N–H and O–H groups in total. The van der Waals surface area contributed by atoms with Crippen molar-refractivity contribution in [3.05, 3.63) is 12.7 Å². The summed E-state index contributed by atoms with van der Waals surface area (Å²) in [6, 6.07) is -0.817. The molecule has 0 radical (unpaired) electrons. The van der Waals surface area contributed by atoms with E-state index in [1.807, 2.05) is 0 Å². The molecule has 3 nitrogen and oxygen atoms in total. The van der Waals surface area contributed by atoms with Crippen molar-refractivity contribution in [1.29, 1.82) is 0 Å². The second kappa shape index (κ2) is 3.25. The summed E-state index contributed by atoms with van der Waals surface area (Å²) < 4.78 is 0. The molecule has 0 aliphatic carbocycles. The molecule has 0 aliphatic heterocycles. The van der Waals surface area contributed by atoms with Gasteiger partial charge >= 0.3 is 5.97 Å². The van der Waals surface area contributed by atoms with E-state index in [0.717, 1.165) is 0 Å². The van der Waals surface area contributed by atoms with Gasteiger partial charge < -0.3 is 10.8 Å². The normalized spacial score (nSPS) is 16.2. The van der Waals surface area contributed by atoms with Crippen LogP contribution in [0.1, 0.15) is 6.92 Å². The van der Waals surface area contributed by atoms with Gasteiger partial charge in [0.1, 0.15) is 6.04 Å². The van der Waals surface area contributed by atoms with Gasteiger partial charge in [0.2, 0.25) is 0 Å². The lowest BCUT2D eigenvalue weighted by Gasteiger charge is -2.09. The third-order valence-electron chi connectivity index (χ3n) is 1.22. The van der Waals surface area contributed by atoms with Gasteiger partial charge in [-0.1, -0.05) is 13.0 Å². The molecular weight excluding hydrogens is 118 g/mol. The molecule has 0 aromatic heterocycles. The van der Waals surface area contributed by atoms with Crippen molar-refractivity contribution in [3.63, 3.8) is 0 Å². The summed E-state index contributed by atoms with van der Waals surface area (Å²) in [5.74, 6) is -1.15. The third kappa shape index (κ3) is 2.28. The van der Waals surface area contributed by atoms with Gasteiger partial charge in [-0.25, -0.2) is 0 Å². The average Bonchev–Trinajstić information content (AvgIpc) is 1.84. The summed E-state index contributed by atoms with van der Waals surface area (Å²) in [5.41, 5.74) is 5.20. The number of carboxylic acid groups (broad SMARTS) is 1. The molecule has 0 saturated heterocycles. The fourth-order valence-electron chi connectivity index (χ4n) is 0.372. The summed E-state index contributed by atoms with van der Waals surface area (Å²) in [5, 5.41) is 8.31. The fourth-order valence-corrected chi connectivity index (χ4v) is 0.372. The zero-order valence-corrected chi connectivity index (χ0v) is 5.37. The Balaban J connectivity index is 3.86. The molecule has 0 bridgehead atoms. The minimum Gasteiger partial charge on any atom is -0.480 e. The highest BCUT2D eigenvalue weighted by molar-refractivity contribution is 5.73. The quantitative estimate of drug-likeness (QED) is 0.536. The zero-order chi connectivity index (χ0) is 7.44. The van der Waals surface area contributed by atoms with Gasteiger partial charge in [-0.2, -0.15) is 0 Å². The molecule has 3 heteroatoms. The van der Waals surface area contributed by atoms with Crippen LogP contribution in [0, 0.1) is 5.92 Å². The maximum absolute atomic E-state index is 10.1. The van der Waals surface area contributed by atoms with Crippen LogP contribution in [-0.4, -0.2) is 17.1 Å². The van der Waals surface area contributed by atoms with Gasteiger partial charge in [-0.15, -0.1) is 6.58 Å². The minimum atomic E-state index is -0.984. The van der Waals surface area contributed by atoms with Gasteiger partial charge in [0, 0.05) is 0 Å². The number of hydrogen-bond acceptors (Lipinski definition) is 2. The van der Waals surface area contributed by atoms with E-state index in [2.05, 4.69) is 6.58 Å². The van der Waals surface area contributed by atoms with E-state index < -0.39 is 12.0 Å². The summed E-state index contributed by atoms with van der Waals surface area (Å²) >= 11 is 0. The maximum Gasteiger partial charge on any atom is 0.321 e. The fraction of sp³-hybridized carbons (Fsp3) is 0.500. The molecule has 0 spiro atoms. The van der Waals surface area contributed by atoms with Crippen LogP contribution in [0.15, 0.2) is 12.7 Å². The van der Waals surface area contributed by atoms with E-state index >= 15 is 0 Å². The lowest BCUT2D eigenvalue weighted by Crippen LogP contribution is -2.35. The Labute approximate surface area is 54.2 Å². The highest BCUT2D eigenvalue weighted by atomic mass is 16.4. The first-order chi connectivity index (χ1) is 4.09. The summed E-state index contributed by atoms with van der Waals surface area (Å²) in [7, 11) is 0. The van der Waals surface area contributed by atoms with Gasteiger partial charge in [0.25, 0.3) is 0 Å².